The van der Waals surface area contributed by atoms with Crippen molar-refractivity contribution in [1.29, 1.82) is 0 Å². The van der Waals surface area contributed by atoms with E-state index in [0.717, 1.165) is 13.0 Å². The molecule has 0 saturated heterocycles. The zero-order chi connectivity index (χ0) is 12.0. The molecule has 0 fully saturated rings. The molecule has 1 nitrogen and oxygen atoms in total. The molecule has 1 heteroatoms. The Balaban J connectivity index is 2.43. The monoisotopic (exact) mass is 219 g/mol. The van der Waals surface area contributed by atoms with E-state index < -0.39 is 0 Å². The van der Waals surface area contributed by atoms with E-state index in [2.05, 4.69) is 57.3 Å². The van der Waals surface area contributed by atoms with Crippen LogP contribution < -0.4 is 5.32 Å². The molecule has 1 aromatic rings. The Morgan fingerprint density at radius 2 is 1.69 bits per heavy atom. The maximum Gasteiger partial charge on any atom is 0.00103 e. The second kappa shape index (κ2) is 6.70. The third kappa shape index (κ3) is 4.36. The predicted octanol–water partition coefficient (Wildman–Crippen LogP) is 3.74. The van der Waals surface area contributed by atoms with Crippen LogP contribution in [0.15, 0.2) is 24.3 Å². The van der Waals surface area contributed by atoms with Crippen LogP contribution in [0.25, 0.3) is 0 Å². The summed E-state index contributed by atoms with van der Waals surface area (Å²) in [6.07, 6.45) is 2.34. The first kappa shape index (κ1) is 13.2. The van der Waals surface area contributed by atoms with Gasteiger partial charge in [-0.1, -0.05) is 52.0 Å². The van der Waals surface area contributed by atoms with Gasteiger partial charge in [-0.15, -0.1) is 0 Å². The van der Waals surface area contributed by atoms with Crippen LogP contribution in [0.2, 0.25) is 0 Å². The summed E-state index contributed by atoms with van der Waals surface area (Å²) >= 11 is 0. The second-order valence-electron chi connectivity index (χ2n) is 4.89. The minimum Gasteiger partial charge on any atom is -0.315 e. The molecular formula is C15H25N. The molecule has 1 rings (SSSR count). The van der Waals surface area contributed by atoms with Gasteiger partial charge in [-0.05, 0) is 36.4 Å². The quantitative estimate of drug-likeness (QED) is 0.768. The summed E-state index contributed by atoms with van der Waals surface area (Å²) in [6, 6.07) is 9.65. The zero-order valence-electron chi connectivity index (χ0n) is 11.1. The topological polar surface area (TPSA) is 12.0 Å². The molecule has 0 amide bonds. The van der Waals surface area contributed by atoms with Crippen molar-refractivity contribution in [2.75, 3.05) is 6.54 Å². The normalized spacial score (nSPS) is 13.1. The fourth-order valence-corrected chi connectivity index (χ4v) is 1.84. The molecule has 16 heavy (non-hydrogen) atoms. The highest BCUT2D eigenvalue weighted by Gasteiger charge is 2.05. The fraction of sp³-hybridized carbons (Fsp3) is 0.600. The molecule has 0 bridgehead atoms. The maximum absolute atomic E-state index is 3.47. The van der Waals surface area contributed by atoms with Crippen LogP contribution in [0.5, 0.6) is 0 Å². The molecule has 0 aliphatic rings. The third-order valence-electron chi connectivity index (χ3n) is 3.09. The minimum atomic E-state index is 0.592. The molecule has 0 aliphatic carbocycles. The highest BCUT2D eigenvalue weighted by atomic mass is 14.9. The number of benzene rings is 1. The Morgan fingerprint density at radius 1 is 1.06 bits per heavy atom. The lowest BCUT2D eigenvalue weighted by Gasteiger charge is -2.14. The maximum atomic E-state index is 3.47. The molecule has 0 saturated carbocycles. The summed E-state index contributed by atoms with van der Waals surface area (Å²) in [5.74, 6) is 0.650. The summed E-state index contributed by atoms with van der Waals surface area (Å²) in [5, 5.41) is 3.47. The van der Waals surface area contributed by atoms with Gasteiger partial charge in [0.1, 0.15) is 0 Å². The number of nitrogens with one attached hydrogen (secondary N) is 1. The highest BCUT2D eigenvalue weighted by Crippen LogP contribution is 2.19. The Labute approximate surface area is 100 Å². The Morgan fingerprint density at radius 3 is 2.19 bits per heavy atom. The first-order chi connectivity index (χ1) is 7.63. The smallest absolute Gasteiger partial charge is 0.00103 e. The minimum absolute atomic E-state index is 0.592. The average Bonchev–Trinajstić information content (AvgIpc) is 2.28. The fourth-order valence-electron chi connectivity index (χ4n) is 1.84. The SMILES string of the molecule is CCc1ccc(C(C)CCNC(C)C)cc1. The number of hydrogen-bond donors (Lipinski definition) is 1. The predicted molar refractivity (Wildman–Crippen MR) is 72.0 cm³/mol. The Kier molecular flexibility index (Phi) is 5.54. The molecule has 0 spiro atoms. The largest absolute Gasteiger partial charge is 0.315 e. The summed E-state index contributed by atoms with van der Waals surface area (Å²) in [5.41, 5.74) is 2.89. The molecule has 1 unspecified atom stereocenters. The van der Waals surface area contributed by atoms with E-state index in [1.165, 1.54) is 17.5 Å². The van der Waals surface area contributed by atoms with E-state index in [4.69, 9.17) is 0 Å². The van der Waals surface area contributed by atoms with Crippen molar-refractivity contribution in [3.8, 4) is 0 Å². The lowest BCUT2D eigenvalue weighted by Crippen LogP contribution is -2.24. The van der Waals surface area contributed by atoms with Crippen LogP contribution in [0.4, 0.5) is 0 Å². The molecule has 90 valence electrons. The van der Waals surface area contributed by atoms with Crippen LogP contribution in [-0.4, -0.2) is 12.6 Å². The van der Waals surface area contributed by atoms with Crippen LogP contribution in [0, 0.1) is 0 Å². The lowest BCUT2D eigenvalue weighted by molar-refractivity contribution is 0.541. The number of aryl methyl sites for hydroxylation is 1. The molecule has 0 aromatic heterocycles. The molecule has 1 aromatic carbocycles. The first-order valence-corrected chi connectivity index (χ1v) is 6.45. The Hall–Kier alpha value is -0.820. The molecule has 1 N–H and O–H groups in total. The average molecular weight is 219 g/mol. The summed E-state index contributed by atoms with van der Waals surface area (Å²) in [4.78, 5) is 0. The van der Waals surface area contributed by atoms with E-state index in [1.807, 2.05) is 0 Å². The van der Waals surface area contributed by atoms with Gasteiger partial charge in [0.2, 0.25) is 0 Å². The van der Waals surface area contributed by atoms with Gasteiger partial charge in [0.25, 0.3) is 0 Å². The molecule has 1 atom stereocenters. The number of hydrogen-bond acceptors (Lipinski definition) is 1. The van der Waals surface area contributed by atoms with Gasteiger partial charge >= 0.3 is 0 Å². The van der Waals surface area contributed by atoms with Crippen LogP contribution in [-0.2, 0) is 6.42 Å². The molecule has 0 radical (unpaired) electrons. The van der Waals surface area contributed by atoms with Crippen molar-refractivity contribution in [2.24, 2.45) is 0 Å². The van der Waals surface area contributed by atoms with Crippen molar-refractivity contribution < 1.29 is 0 Å². The van der Waals surface area contributed by atoms with E-state index in [9.17, 15) is 0 Å². The van der Waals surface area contributed by atoms with Crippen molar-refractivity contribution in [3.63, 3.8) is 0 Å². The van der Waals surface area contributed by atoms with Crippen molar-refractivity contribution in [3.05, 3.63) is 35.4 Å². The van der Waals surface area contributed by atoms with E-state index in [-0.39, 0.29) is 0 Å². The van der Waals surface area contributed by atoms with Gasteiger partial charge in [-0.3, -0.25) is 0 Å². The number of rotatable bonds is 6. The van der Waals surface area contributed by atoms with E-state index >= 15 is 0 Å². The van der Waals surface area contributed by atoms with Gasteiger partial charge in [-0.2, -0.15) is 0 Å². The summed E-state index contributed by atoms with van der Waals surface area (Å²) < 4.78 is 0. The van der Waals surface area contributed by atoms with Crippen LogP contribution >= 0.6 is 0 Å². The van der Waals surface area contributed by atoms with Gasteiger partial charge in [0.05, 0.1) is 0 Å². The van der Waals surface area contributed by atoms with Crippen LogP contribution in [0.1, 0.15) is 51.2 Å². The van der Waals surface area contributed by atoms with Gasteiger partial charge in [-0.25, -0.2) is 0 Å². The van der Waals surface area contributed by atoms with E-state index in [0.29, 0.717) is 12.0 Å². The highest BCUT2D eigenvalue weighted by molar-refractivity contribution is 5.24. The molecule has 0 heterocycles. The van der Waals surface area contributed by atoms with Gasteiger partial charge in [0.15, 0.2) is 0 Å². The second-order valence-corrected chi connectivity index (χ2v) is 4.89. The molecular weight excluding hydrogens is 194 g/mol. The summed E-state index contributed by atoms with van der Waals surface area (Å²) in [7, 11) is 0. The van der Waals surface area contributed by atoms with Crippen LogP contribution in [0.3, 0.4) is 0 Å². The van der Waals surface area contributed by atoms with E-state index in [1.54, 1.807) is 0 Å². The molecule has 0 aliphatic heterocycles. The summed E-state index contributed by atoms with van der Waals surface area (Å²) in [6.45, 7) is 10.0. The lowest BCUT2D eigenvalue weighted by atomic mass is 9.96. The van der Waals surface area contributed by atoms with Gasteiger partial charge in [0, 0.05) is 6.04 Å². The van der Waals surface area contributed by atoms with Gasteiger partial charge < -0.3 is 5.32 Å². The zero-order valence-corrected chi connectivity index (χ0v) is 11.1. The standard InChI is InChI=1S/C15H25N/c1-5-14-6-8-15(9-7-14)13(4)10-11-16-12(2)3/h6-9,12-13,16H,5,10-11H2,1-4H3. The van der Waals surface area contributed by atoms with Crippen molar-refractivity contribution in [1.82, 2.24) is 5.32 Å². The van der Waals surface area contributed by atoms with Crippen molar-refractivity contribution in [2.45, 2.75) is 52.5 Å². The first-order valence-electron chi connectivity index (χ1n) is 6.45. The third-order valence-corrected chi connectivity index (χ3v) is 3.09. The van der Waals surface area contributed by atoms with Crippen molar-refractivity contribution >= 4 is 0 Å². The Bertz CT molecular complexity index is 287.